The van der Waals surface area contributed by atoms with E-state index in [-0.39, 0.29) is 18.1 Å². The van der Waals surface area contributed by atoms with Crippen LogP contribution in [0.15, 0.2) is 11.2 Å². The van der Waals surface area contributed by atoms with E-state index in [1.165, 1.54) is 10.5 Å². The number of nitrogens with zero attached hydrogens (tertiary/aromatic N) is 2. The molecule has 0 aromatic carbocycles. The fourth-order valence-electron chi connectivity index (χ4n) is 1.55. The Morgan fingerprint density at radius 1 is 1.60 bits per heavy atom. The zero-order valence-electron chi connectivity index (χ0n) is 8.56. The zero-order valence-corrected chi connectivity index (χ0v) is 9.37. The van der Waals surface area contributed by atoms with E-state index in [2.05, 4.69) is 9.97 Å². The summed E-state index contributed by atoms with van der Waals surface area (Å²) in [5.74, 6) is 0.556. The zero-order chi connectivity index (χ0) is 11.3. The van der Waals surface area contributed by atoms with E-state index >= 15 is 0 Å². The van der Waals surface area contributed by atoms with Crippen molar-refractivity contribution < 1.29 is 13.5 Å². The highest BCUT2D eigenvalue weighted by atomic mass is 32.2. The fourth-order valence-corrected chi connectivity index (χ4v) is 3.19. The first-order chi connectivity index (χ1) is 6.81. The number of hydrogen-bond acceptors (Lipinski definition) is 4. The molecule has 0 spiro atoms. The van der Waals surface area contributed by atoms with Crippen LogP contribution in [0, 0.1) is 6.92 Å². The van der Waals surface area contributed by atoms with E-state index in [0.717, 1.165) is 0 Å². The van der Waals surface area contributed by atoms with Gasteiger partial charge in [0, 0.05) is 13.1 Å². The van der Waals surface area contributed by atoms with Gasteiger partial charge in [-0.25, -0.2) is 13.4 Å². The lowest BCUT2D eigenvalue weighted by molar-refractivity contribution is -0.0427. The normalized spacial score (nSPS) is 21.3. The van der Waals surface area contributed by atoms with Crippen molar-refractivity contribution in [3.8, 4) is 0 Å². The van der Waals surface area contributed by atoms with Crippen molar-refractivity contribution in [2.24, 2.45) is 0 Å². The van der Waals surface area contributed by atoms with Gasteiger partial charge < -0.3 is 10.1 Å². The second-order valence-electron chi connectivity index (χ2n) is 4.10. The summed E-state index contributed by atoms with van der Waals surface area (Å²) < 4.78 is 24.9. The number of aryl methyl sites for hydroxylation is 1. The molecule has 1 aliphatic heterocycles. The molecule has 0 atom stereocenters. The molecule has 1 fully saturated rings. The maximum Gasteiger partial charge on any atom is 0.260 e. The lowest BCUT2D eigenvalue weighted by atomic mass is 10.0. The summed E-state index contributed by atoms with van der Waals surface area (Å²) >= 11 is 0. The third-order valence-electron chi connectivity index (χ3n) is 2.33. The van der Waals surface area contributed by atoms with E-state index in [1.54, 1.807) is 13.8 Å². The van der Waals surface area contributed by atoms with Gasteiger partial charge in [0.25, 0.3) is 10.0 Å². The molecule has 6 nitrogen and oxygen atoms in total. The Kier molecular flexibility index (Phi) is 2.14. The number of H-pyrrole nitrogens is 1. The number of aromatic nitrogens is 2. The third-order valence-corrected chi connectivity index (χ3v) is 4.03. The van der Waals surface area contributed by atoms with E-state index in [0.29, 0.717) is 5.82 Å². The van der Waals surface area contributed by atoms with Crippen molar-refractivity contribution in [3.63, 3.8) is 0 Å². The van der Waals surface area contributed by atoms with E-state index in [4.69, 9.17) is 0 Å². The van der Waals surface area contributed by atoms with Crippen LogP contribution in [0.4, 0.5) is 0 Å². The molecule has 0 radical (unpaired) electrons. The Morgan fingerprint density at radius 3 is 2.60 bits per heavy atom. The molecule has 0 unspecified atom stereocenters. The number of aromatic amines is 1. The smallest absolute Gasteiger partial charge is 0.260 e. The average molecular weight is 231 g/mol. The highest BCUT2D eigenvalue weighted by Gasteiger charge is 2.44. The number of aliphatic hydroxyl groups is 1. The van der Waals surface area contributed by atoms with Gasteiger partial charge in [-0.3, -0.25) is 0 Å². The first kappa shape index (κ1) is 10.6. The summed E-state index contributed by atoms with van der Waals surface area (Å²) in [4.78, 5) is 6.51. The second kappa shape index (κ2) is 3.03. The molecule has 1 aromatic rings. The van der Waals surface area contributed by atoms with Gasteiger partial charge in [-0.05, 0) is 13.8 Å². The van der Waals surface area contributed by atoms with Crippen LogP contribution in [0.1, 0.15) is 12.7 Å². The van der Waals surface area contributed by atoms with Gasteiger partial charge in [-0.15, -0.1) is 0 Å². The Hall–Kier alpha value is -0.920. The van der Waals surface area contributed by atoms with Crippen LogP contribution in [-0.4, -0.2) is 46.5 Å². The largest absolute Gasteiger partial charge is 0.387 e. The molecule has 0 bridgehead atoms. The van der Waals surface area contributed by atoms with Gasteiger partial charge >= 0.3 is 0 Å². The number of β-amino-alcohol motifs (C(OH)–C–C–N with tert-alkyl or cyclic N) is 1. The lowest BCUT2D eigenvalue weighted by Crippen LogP contribution is -2.61. The monoisotopic (exact) mass is 231 g/mol. The van der Waals surface area contributed by atoms with Crippen molar-refractivity contribution in [1.82, 2.24) is 14.3 Å². The molecular formula is C8H13N3O3S. The molecule has 0 amide bonds. The van der Waals surface area contributed by atoms with Crippen molar-refractivity contribution in [2.45, 2.75) is 24.5 Å². The number of imidazole rings is 1. The molecular weight excluding hydrogens is 218 g/mol. The first-order valence-electron chi connectivity index (χ1n) is 4.55. The quantitative estimate of drug-likeness (QED) is 0.716. The van der Waals surface area contributed by atoms with Crippen molar-refractivity contribution in [3.05, 3.63) is 12.0 Å². The Balaban J connectivity index is 2.23. The van der Waals surface area contributed by atoms with Crippen molar-refractivity contribution in [2.75, 3.05) is 13.1 Å². The van der Waals surface area contributed by atoms with Gasteiger partial charge in [0.2, 0.25) is 0 Å². The molecule has 0 aliphatic carbocycles. The summed E-state index contributed by atoms with van der Waals surface area (Å²) in [5, 5.41) is 9.55. The lowest BCUT2D eigenvalue weighted by Gasteiger charge is -2.42. The SMILES string of the molecule is Cc1ncc(S(=O)(=O)N2CC(C)(O)C2)[nH]1. The highest BCUT2D eigenvalue weighted by molar-refractivity contribution is 7.89. The van der Waals surface area contributed by atoms with Crippen LogP contribution in [0.3, 0.4) is 0 Å². The van der Waals surface area contributed by atoms with Crippen LogP contribution in [0.2, 0.25) is 0 Å². The summed E-state index contributed by atoms with van der Waals surface area (Å²) in [7, 11) is -3.50. The van der Waals surface area contributed by atoms with Gasteiger partial charge in [0.15, 0.2) is 5.03 Å². The minimum absolute atomic E-state index is 0.0792. The summed E-state index contributed by atoms with van der Waals surface area (Å²) in [6.07, 6.45) is 1.29. The minimum atomic E-state index is -3.50. The van der Waals surface area contributed by atoms with Crippen molar-refractivity contribution in [1.29, 1.82) is 0 Å². The topological polar surface area (TPSA) is 86.3 Å². The van der Waals surface area contributed by atoms with Gasteiger partial charge in [-0.2, -0.15) is 4.31 Å². The summed E-state index contributed by atoms with van der Waals surface area (Å²) in [6.45, 7) is 3.56. The Bertz CT molecular complexity index is 469. The summed E-state index contributed by atoms with van der Waals surface area (Å²) in [6, 6.07) is 0. The predicted octanol–water partition coefficient (Wildman–Crippen LogP) is -0.527. The van der Waals surface area contributed by atoms with Crippen LogP contribution in [-0.2, 0) is 10.0 Å². The number of nitrogens with one attached hydrogen (secondary N) is 1. The molecule has 84 valence electrons. The molecule has 2 N–H and O–H groups in total. The standard InChI is InChI=1S/C8H13N3O3S/c1-6-9-3-7(10-6)15(13,14)11-4-8(2,12)5-11/h3,12H,4-5H2,1-2H3,(H,9,10). The molecule has 0 saturated carbocycles. The van der Waals surface area contributed by atoms with Gasteiger partial charge in [0.1, 0.15) is 5.82 Å². The number of hydrogen-bond donors (Lipinski definition) is 2. The number of sulfonamides is 1. The molecule has 7 heteroatoms. The van der Waals surface area contributed by atoms with E-state index in [1.807, 2.05) is 0 Å². The predicted molar refractivity (Wildman–Crippen MR) is 52.7 cm³/mol. The molecule has 2 heterocycles. The fraction of sp³-hybridized carbons (Fsp3) is 0.625. The molecule has 2 rings (SSSR count). The molecule has 1 aromatic heterocycles. The third kappa shape index (κ3) is 1.77. The van der Waals surface area contributed by atoms with E-state index in [9.17, 15) is 13.5 Å². The second-order valence-corrected chi connectivity index (χ2v) is 6.01. The van der Waals surface area contributed by atoms with Crippen LogP contribution < -0.4 is 0 Å². The highest BCUT2D eigenvalue weighted by Crippen LogP contribution is 2.26. The average Bonchev–Trinajstić information content (AvgIpc) is 2.48. The molecule has 1 saturated heterocycles. The van der Waals surface area contributed by atoms with Crippen molar-refractivity contribution >= 4 is 10.0 Å². The maximum atomic E-state index is 11.9. The first-order valence-corrected chi connectivity index (χ1v) is 5.99. The summed E-state index contributed by atoms with van der Waals surface area (Å²) in [5.41, 5.74) is -0.901. The number of rotatable bonds is 2. The Morgan fingerprint density at radius 2 is 2.20 bits per heavy atom. The van der Waals surface area contributed by atoms with E-state index < -0.39 is 15.6 Å². The van der Waals surface area contributed by atoms with Crippen LogP contribution >= 0.6 is 0 Å². The van der Waals surface area contributed by atoms with Crippen LogP contribution in [0.5, 0.6) is 0 Å². The molecule has 1 aliphatic rings. The van der Waals surface area contributed by atoms with Gasteiger partial charge in [-0.1, -0.05) is 0 Å². The Labute approximate surface area is 88.0 Å². The minimum Gasteiger partial charge on any atom is -0.387 e. The van der Waals surface area contributed by atoms with Gasteiger partial charge in [0.05, 0.1) is 11.8 Å². The molecule has 15 heavy (non-hydrogen) atoms. The van der Waals surface area contributed by atoms with Crippen LogP contribution in [0.25, 0.3) is 0 Å². The maximum absolute atomic E-state index is 11.9.